The summed E-state index contributed by atoms with van der Waals surface area (Å²) in [5.41, 5.74) is 1.66. The molecule has 0 spiro atoms. The predicted molar refractivity (Wildman–Crippen MR) is 70.1 cm³/mol. The van der Waals surface area contributed by atoms with E-state index in [0.717, 1.165) is 5.56 Å². The molecule has 114 valence electrons. The number of ether oxygens (including phenoxy) is 1. The normalized spacial score (nSPS) is 13.3. The van der Waals surface area contributed by atoms with E-state index in [1.54, 1.807) is 20.8 Å². The second-order valence-electron chi connectivity index (χ2n) is 4.78. The number of aliphatic hydroxyl groups is 1. The Labute approximate surface area is 120 Å². The van der Waals surface area contributed by atoms with Gasteiger partial charge in [-0.3, -0.25) is 0 Å². The quantitative estimate of drug-likeness (QED) is 0.924. The smallest absolute Gasteiger partial charge is 0.466 e. The number of alkyl halides is 3. The van der Waals surface area contributed by atoms with E-state index in [1.165, 1.54) is 24.3 Å². The number of aliphatic hydroxyl groups excluding tert-OH is 1. The average Bonchev–Trinajstić information content (AvgIpc) is 2.61. The number of hydrogen-bond donors (Lipinski definition) is 1. The van der Waals surface area contributed by atoms with Gasteiger partial charge in [0.25, 0.3) is 0 Å². The molecular weight excluding hydrogens is 285 g/mol. The highest BCUT2D eigenvalue weighted by Crippen LogP contribution is 2.33. The van der Waals surface area contributed by atoms with Crippen molar-refractivity contribution in [3.05, 3.63) is 52.5 Å². The topological polar surface area (TPSA) is 42.6 Å². The lowest BCUT2D eigenvalue weighted by atomic mass is 9.98. The van der Waals surface area contributed by atoms with Crippen molar-refractivity contribution < 1.29 is 27.4 Å². The second-order valence-corrected chi connectivity index (χ2v) is 4.78. The van der Waals surface area contributed by atoms with Crippen molar-refractivity contribution in [2.45, 2.75) is 33.2 Å². The van der Waals surface area contributed by atoms with Gasteiger partial charge < -0.3 is 14.3 Å². The largest absolute Gasteiger partial charge is 0.573 e. The highest BCUT2D eigenvalue weighted by molar-refractivity contribution is 5.41. The van der Waals surface area contributed by atoms with Crippen LogP contribution >= 0.6 is 0 Å². The van der Waals surface area contributed by atoms with Crippen LogP contribution in [0.3, 0.4) is 0 Å². The van der Waals surface area contributed by atoms with Crippen LogP contribution in [0.4, 0.5) is 13.2 Å². The van der Waals surface area contributed by atoms with E-state index in [2.05, 4.69) is 4.74 Å². The van der Waals surface area contributed by atoms with Crippen molar-refractivity contribution in [2.75, 3.05) is 0 Å². The van der Waals surface area contributed by atoms with Crippen LogP contribution in [-0.4, -0.2) is 11.5 Å². The van der Waals surface area contributed by atoms with E-state index in [-0.39, 0.29) is 5.75 Å². The lowest BCUT2D eigenvalue weighted by molar-refractivity contribution is -0.274. The number of hydrogen-bond acceptors (Lipinski definition) is 3. The standard InChI is InChI=1S/C15H15F3O3/c1-8-9(2)20-10(3)13(8)14(19)11-5-4-6-12(7-11)21-15(16,17)18/h4-7,14,19H,1-3H3. The van der Waals surface area contributed by atoms with E-state index >= 15 is 0 Å². The first-order valence-corrected chi connectivity index (χ1v) is 6.29. The molecule has 0 amide bonds. The first-order chi connectivity index (χ1) is 9.69. The van der Waals surface area contributed by atoms with Crippen molar-refractivity contribution in [3.63, 3.8) is 0 Å². The first-order valence-electron chi connectivity index (χ1n) is 6.29. The van der Waals surface area contributed by atoms with Crippen LogP contribution in [0, 0.1) is 20.8 Å². The lowest BCUT2D eigenvalue weighted by Crippen LogP contribution is -2.17. The van der Waals surface area contributed by atoms with Gasteiger partial charge in [-0.1, -0.05) is 12.1 Å². The summed E-state index contributed by atoms with van der Waals surface area (Å²) < 4.78 is 46.0. The number of halogens is 3. The third-order valence-electron chi connectivity index (χ3n) is 3.30. The van der Waals surface area contributed by atoms with Crippen molar-refractivity contribution >= 4 is 0 Å². The van der Waals surface area contributed by atoms with Gasteiger partial charge in [-0.05, 0) is 44.0 Å². The third kappa shape index (κ3) is 3.39. The third-order valence-corrected chi connectivity index (χ3v) is 3.30. The molecule has 0 fully saturated rings. The fourth-order valence-corrected chi connectivity index (χ4v) is 2.26. The van der Waals surface area contributed by atoms with Crippen LogP contribution in [0.5, 0.6) is 5.75 Å². The summed E-state index contributed by atoms with van der Waals surface area (Å²) in [5, 5.41) is 10.4. The Kier molecular flexibility index (Phi) is 4.00. The van der Waals surface area contributed by atoms with Gasteiger partial charge in [-0.2, -0.15) is 0 Å². The zero-order valence-corrected chi connectivity index (χ0v) is 11.8. The molecule has 0 radical (unpaired) electrons. The van der Waals surface area contributed by atoms with Crippen molar-refractivity contribution in [3.8, 4) is 5.75 Å². The number of rotatable bonds is 3. The van der Waals surface area contributed by atoms with E-state index in [0.29, 0.717) is 22.6 Å². The van der Waals surface area contributed by atoms with E-state index < -0.39 is 12.5 Å². The second kappa shape index (κ2) is 5.44. The summed E-state index contributed by atoms with van der Waals surface area (Å²) in [6.45, 7) is 5.26. The minimum atomic E-state index is -4.76. The summed E-state index contributed by atoms with van der Waals surface area (Å²) >= 11 is 0. The van der Waals surface area contributed by atoms with Gasteiger partial charge in [0.15, 0.2) is 0 Å². The highest BCUT2D eigenvalue weighted by Gasteiger charge is 2.31. The first kappa shape index (κ1) is 15.4. The van der Waals surface area contributed by atoms with Crippen LogP contribution in [0.25, 0.3) is 0 Å². The van der Waals surface area contributed by atoms with Gasteiger partial charge in [0.2, 0.25) is 0 Å². The van der Waals surface area contributed by atoms with Gasteiger partial charge in [-0.15, -0.1) is 13.2 Å². The maximum absolute atomic E-state index is 12.2. The molecule has 1 aromatic heterocycles. The van der Waals surface area contributed by atoms with Gasteiger partial charge in [0, 0.05) is 5.56 Å². The lowest BCUT2D eigenvalue weighted by Gasteiger charge is -2.14. The zero-order chi connectivity index (χ0) is 15.8. The fraction of sp³-hybridized carbons (Fsp3) is 0.333. The van der Waals surface area contributed by atoms with Crippen molar-refractivity contribution in [1.29, 1.82) is 0 Å². The minimum Gasteiger partial charge on any atom is -0.466 e. The SMILES string of the molecule is Cc1oc(C)c(C(O)c2cccc(OC(F)(F)F)c2)c1C. The molecule has 0 aliphatic heterocycles. The molecule has 3 nitrogen and oxygen atoms in total. The van der Waals surface area contributed by atoms with Gasteiger partial charge in [-0.25, -0.2) is 0 Å². The maximum Gasteiger partial charge on any atom is 0.573 e. The van der Waals surface area contributed by atoms with Crippen LogP contribution in [0.1, 0.15) is 34.3 Å². The Hall–Kier alpha value is -1.95. The van der Waals surface area contributed by atoms with Crippen LogP contribution in [0.2, 0.25) is 0 Å². The molecule has 6 heteroatoms. The Morgan fingerprint density at radius 1 is 1.14 bits per heavy atom. The molecule has 2 rings (SSSR count). The number of aryl methyl sites for hydroxylation is 2. The Bertz CT molecular complexity index is 644. The summed E-state index contributed by atoms with van der Waals surface area (Å²) in [7, 11) is 0. The molecule has 1 N–H and O–H groups in total. The van der Waals surface area contributed by atoms with E-state index in [9.17, 15) is 18.3 Å². The van der Waals surface area contributed by atoms with Crippen molar-refractivity contribution in [2.24, 2.45) is 0 Å². The number of benzene rings is 1. The monoisotopic (exact) mass is 300 g/mol. The Morgan fingerprint density at radius 2 is 1.81 bits per heavy atom. The molecule has 0 aliphatic rings. The molecular formula is C15H15F3O3. The van der Waals surface area contributed by atoms with E-state index in [4.69, 9.17) is 4.42 Å². The molecule has 0 aliphatic carbocycles. The highest BCUT2D eigenvalue weighted by atomic mass is 19.4. The zero-order valence-electron chi connectivity index (χ0n) is 11.8. The van der Waals surface area contributed by atoms with Gasteiger partial charge >= 0.3 is 6.36 Å². The van der Waals surface area contributed by atoms with E-state index in [1.807, 2.05) is 0 Å². The summed E-state index contributed by atoms with van der Waals surface area (Å²) in [6, 6.07) is 5.29. The molecule has 1 aromatic carbocycles. The minimum absolute atomic E-state index is 0.309. The summed E-state index contributed by atoms with van der Waals surface area (Å²) in [4.78, 5) is 0. The van der Waals surface area contributed by atoms with Crippen molar-refractivity contribution in [1.82, 2.24) is 0 Å². The number of furan rings is 1. The molecule has 0 saturated carbocycles. The molecule has 1 unspecified atom stereocenters. The Balaban J connectivity index is 2.35. The molecule has 0 saturated heterocycles. The maximum atomic E-state index is 12.2. The molecule has 0 bridgehead atoms. The molecule has 1 atom stereocenters. The average molecular weight is 300 g/mol. The van der Waals surface area contributed by atoms with Crippen LogP contribution < -0.4 is 4.74 Å². The van der Waals surface area contributed by atoms with Gasteiger partial charge in [0.05, 0.1) is 0 Å². The fourth-order valence-electron chi connectivity index (χ4n) is 2.26. The predicted octanol–water partition coefficient (Wildman–Crippen LogP) is 4.19. The summed E-state index contributed by atoms with van der Waals surface area (Å²) in [6.07, 6.45) is -5.83. The summed E-state index contributed by atoms with van der Waals surface area (Å²) in [5.74, 6) is 0.846. The molecule has 2 aromatic rings. The van der Waals surface area contributed by atoms with Gasteiger partial charge in [0.1, 0.15) is 23.4 Å². The Morgan fingerprint density at radius 3 is 2.33 bits per heavy atom. The van der Waals surface area contributed by atoms with Crippen LogP contribution in [0.15, 0.2) is 28.7 Å². The van der Waals surface area contributed by atoms with Crippen LogP contribution in [-0.2, 0) is 0 Å². The molecule has 21 heavy (non-hydrogen) atoms. The molecule has 1 heterocycles.